The van der Waals surface area contributed by atoms with Crippen molar-refractivity contribution in [1.82, 2.24) is 9.97 Å². The van der Waals surface area contributed by atoms with Crippen LogP contribution in [-0.2, 0) is 0 Å². The molecule has 0 fully saturated rings. The standard InChI is InChI=1S/C11H7ClF2N2/c1-6-10(15-5-16-11(6)12)7-3-2-4-8(13)9(7)14/h2-5H,1H3. The van der Waals surface area contributed by atoms with E-state index in [1.807, 2.05) is 0 Å². The van der Waals surface area contributed by atoms with E-state index in [4.69, 9.17) is 11.6 Å². The summed E-state index contributed by atoms with van der Waals surface area (Å²) in [4.78, 5) is 7.66. The molecule has 2 nitrogen and oxygen atoms in total. The average molecular weight is 241 g/mol. The van der Waals surface area contributed by atoms with E-state index >= 15 is 0 Å². The lowest BCUT2D eigenvalue weighted by molar-refractivity contribution is 0.511. The largest absolute Gasteiger partial charge is 0.236 e. The van der Waals surface area contributed by atoms with Gasteiger partial charge < -0.3 is 0 Å². The van der Waals surface area contributed by atoms with Crippen LogP contribution in [0.4, 0.5) is 8.78 Å². The lowest BCUT2D eigenvalue weighted by Gasteiger charge is -2.06. The van der Waals surface area contributed by atoms with Gasteiger partial charge in [-0.05, 0) is 19.1 Å². The number of halogens is 3. The van der Waals surface area contributed by atoms with Crippen LogP contribution in [0.25, 0.3) is 11.3 Å². The van der Waals surface area contributed by atoms with Gasteiger partial charge in [0, 0.05) is 11.1 Å². The molecule has 0 radical (unpaired) electrons. The second-order valence-corrected chi connectivity index (χ2v) is 3.60. The first kappa shape index (κ1) is 11.0. The second kappa shape index (κ2) is 4.14. The van der Waals surface area contributed by atoms with Crippen LogP contribution in [0.1, 0.15) is 5.56 Å². The fourth-order valence-corrected chi connectivity index (χ4v) is 1.52. The molecule has 0 amide bonds. The summed E-state index contributed by atoms with van der Waals surface area (Å²) < 4.78 is 26.6. The van der Waals surface area contributed by atoms with Crippen molar-refractivity contribution >= 4 is 11.6 Å². The lowest BCUT2D eigenvalue weighted by Crippen LogP contribution is -1.96. The molecule has 0 spiro atoms. The highest BCUT2D eigenvalue weighted by molar-refractivity contribution is 6.30. The van der Waals surface area contributed by atoms with Crippen LogP contribution < -0.4 is 0 Å². The van der Waals surface area contributed by atoms with Gasteiger partial charge in [0.25, 0.3) is 0 Å². The van der Waals surface area contributed by atoms with Gasteiger partial charge in [-0.3, -0.25) is 0 Å². The molecule has 0 atom stereocenters. The normalized spacial score (nSPS) is 10.5. The van der Waals surface area contributed by atoms with Crippen LogP contribution in [-0.4, -0.2) is 9.97 Å². The molecular weight excluding hydrogens is 234 g/mol. The van der Waals surface area contributed by atoms with Crippen molar-refractivity contribution < 1.29 is 8.78 Å². The maximum absolute atomic E-state index is 13.5. The topological polar surface area (TPSA) is 25.8 Å². The number of nitrogens with zero attached hydrogens (tertiary/aromatic N) is 2. The van der Waals surface area contributed by atoms with Crippen molar-refractivity contribution in [2.45, 2.75) is 6.92 Å². The van der Waals surface area contributed by atoms with Crippen molar-refractivity contribution in [3.8, 4) is 11.3 Å². The predicted molar refractivity (Wildman–Crippen MR) is 57.1 cm³/mol. The van der Waals surface area contributed by atoms with E-state index < -0.39 is 11.6 Å². The first-order valence-electron chi connectivity index (χ1n) is 4.52. The van der Waals surface area contributed by atoms with E-state index in [1.54, 1.807) is 6.92 Å². The van der Waals surface area contributed by atoms with Crippen LogP contribution >= 0.6 is 11.6 Å². The predicted octanol–water partition coefficient (Wildman–Crippen LogP) is 3.38. The monoisotopic (exact) mass is 240 g/mol. The van der Waals surface area contributed by atoms with Gasteiger partial charge in [0.1, 0.15) is 11.5 Å². The fourth-order valence-electron chi connectivity index (χ4n) is 1.39. The third-order valence-corrected chi connectivity index (χ3v) is 2.61. The molecule has 0 aliphatic carbocycles. The summed E-state index contributed by atoms with van der Waals surface area (Å²) in [5, 5.41) is 0.230. The van der Waals surface area contributed by atoms with Gasteiger partial charge in [0.2, 0.25) is 0 Å². The number of hydrogen-bond acceptors (Lipinski definition) is 2. The first-order valence-corrected chi connectivity index (χ1v) is 4.90. The Hall–Kier alpha value is -1.55. The lowest BCUT2D eigenvalue weighted by atomic mass is 10.1. The molecule has 16 heavy (non-hydrogen) atoms. The van der Waals surface area contributed by atoms with Gasteiger partial charge in [0.05, 0.1) is 5.69 Å². The minimum Gasteiger partial charge on any atom is -0.236 e. The maximum Gasteiger partial charge on any atom is 0.168 e. The highest BCUT2D eigenvalue weighted by Crippen LogP contribution is 2.27. The molecule has 82 valence electrons. The Bertz CT molecular complexity index is 494. The number of aromatic nitrogens is 2. The van der Waals surface area contributed by atoms with Gasteiger partial charge >= 0.3 is 0 Å². The number of benzene rings is 1. The molecule has 1 aromatic heterocycles. The van der Waals surface area contributed by atoms with E-state index in [0.29, 0.717) is 11.3 Å². The summed E-state index contributed by atoms with van der Waals surface area (Å²) in [6.45, 7) is 1.65. The average Bonchev–Trinajstić information content (AvgIpc) is 2.27. The number of rotatable bonds is 1. The van der Waals surface area contributed by atoms with E-state index in [9.17, 15) is 8.78 Å². The molecule has 1 aromatic carbocycles. The van der Waals surface area contributed by atoms with Crippen LogP contribution in [0, 0.1) is 18.6 Å². The molecule has 0 saturated heterocycles. The van der Waals surface area contributed by atoms with Crippen molar-refractivity contribution in [1.29, 1.82) is 0 Å². The zero-order valence-corrected chi connectivity index (χ0v) is 9.09. The van der Waals surface area contributed by atoms with Gasteiger partial charge in [0.15, 0.2) is 11.6 Å². The highest BCUT2D eigenvalue weighted by atomic mass is 35.5. The molecule has 5 heteroatoms. The van der Waals surface area contributed by atoms with E-state index in [1.165, 1.54) is 18.5 Å². The summed E-state index contributed by atoms with van der Waals surface area (Å²) >= 11 is 5.79. The molecule has 0 unspecified atom stereocenters. The molecule has 2 aromatic rings. The van der Waals surface area contributed by atoms with Crippen LogP contribution in [0.2, 0.25) is 5.15 Å². The van der Waals surface area contributed by atoms with Crippen molar-refractivity contribution in [3.05, 3.63) is 46.9 Å². The second-order valence-electron chi connectivity index (χ2n) is 3.24. The summed E-state index contributed by atoms with van der Waals surface area (Å²) in [5.74, 6) is -1.84. The smallest absolute Gasteiger partial charge is 0.168 e. The zero-order chi connectivity index (χ0) is 11.7. The van der Waals surface area contributed by atoms with Gasteiger partial charge in [-0.15, -0.1) is 0 Å². The van der Waals surface area contributed by atoms with Crippen LogP contribution in [0.3, 0.4) is 0 Å². The quantitative estimate of drug-likeness (QED) is 0.714. The number of hydrogen-bond donors (Lipinski definition) is 0. The maximum atomic E-state index is 13.5. The van der Waals surface area contributed by atoms with E-state index in [-0.39, 0.29) is 10.7 Å². The Balaban J connectivity index is 2.68. The molecule has 2 rings (SSSR count). The summed E-state index contributed by atoms with van der Waals surface area (Å²) in [6.07, 6.45) is 1.22. The molecule has 0 aliphatic heterocycles. The van der Waals surface area contributed by atoms with Crippen molar-refractivity contribution in [2.75, 3.05) is 0 Å². The molecule has 0 bridgehead atoms. The summed E-state index contributed by atoms with van der Waals surface area (Å²) in [6, 6.07) is 3.92. The minimum absolute atomic E-state index is 0.0850. The highest BCUT2D eigenvalue weighted by Gasteiger charge is 2.14. The Morgan fingerprint density at radius 1 is 1.19 bits per heavy atom. The third-order valence-electron chi connectivity index (χ3n) is 2.23. The van der Waals surface area contributed by atoms with E-state index in [2.05, 4.69) is 9.97 Å². The van der Waals surface area contributed by atoms with Gasteiger partial charge in [-0.25, -0.2) is 18.7 Å². The van der Waals surface area contributed by atoms with Crippen molar-refractivity contribution in [3.63, 3.8) is 0 Å². The molecule has 0 aliphatic rings. The molecular formula is C11H7ClF2N2. The molecule has 1 heterocycles. The van der Waals surface area contributed by atoms with E-state index in [0.717, 1.165) is 6.07 Å². The minimum atomic E-state index is -0.930. The van der Waals surface area contributed by atoms with Crippen LogP contribution in [0.5, 0.6) is 0 Å². The Labute approximate surface area is 95.9 Å². The molecule has 0 saturated carbocycles. The fraction of sp³-hybridized carbons (Fsp3) is 0.0909. The zero-order valence-electron chi connectivity index (χ0n) is 8.34. The summed E-state index contributed by atoms with van der Waals surface area (Å²) in [5.41, 5.74) is 0.910. The Kier molecular flexibility index (Phi) is 2.83. The SMILES string of the molecule is Cc1c(Cl)ncnc1-c1cccc(F)c1F. The first-order chi connectivity index (χ1) is 7.61. The van der Waals surface area contributed by atoms with Crippen molar-refractivity contribution in [2.24, 2.45) is 0 Å². The van der Waals surface area contributed by atoms with Gasteiger partial charge in [-0.1, -0.05) is 17.7 Å². The van der Waals surface area contributed by atoms with Gasteiger partial charge in [-0.2, -0.15) is 0 Å². The summed E-state index contributed by atoms with van der Waals surface area (Å²) in [7, 11) is 0. The third kappa shape index (κ3) is 1.76. The Morgan fingerprint density at radius 3 is 2.69 bits per heavy atom. The van der Waals surface area contributed by atoms with Crippen LogP contribution in [0.15, 0.2) is 24.5 Å². The Morgan fingerprint density at radius 2 is 1.94 bits per heavy atom. The molecule has 0 N–H and O–H groups in total.